The van der Waals surface area contributed by atoms with Crippen LogP contribution in [0, 0.1) is 13.8 Å². The van der Waals surface area contributed by atoms with E-state index in [9.17, 15) is 9.59 Å². The van der Waals surface area contributed by atoms with Gasteiger partial charge in [0.25, 0.3) is 5.91 Å². The average molecular weight is 451 g/mol. The monoisotopic (exact) mass is 450 g/mol. The number of carbonyl (C=O) groups is 2. The molecule has 33 heavy (non-hydrogen) atoms. The van der Waals surface area contributed by atoms with Crippen LogP contribution >= 0.6 is 0 Å². The molecule has 1 atom stereocenters. The maximum absolute atomic E-state index is 13.9. The van der Waals surface area contributed by atoms with Gasteiger partial charge in [-0.15, -0.1) is 0 Å². The number of nitrogens with zero attached hydrogens (tertiary/aromatic N) is 3. The van der Waals surface area contributed by atoms with Crippen LogP contribution in [0.15, 0.2) is 24.3 Å². The van der Waals surface area contributed by atoms with E-state index in [1.807, 2.05) is 45.0 Å². The van der Waals surface area contributed by atoms with Gasteiger partial charge in [0.1, 0.15) is 11.2 Å². The lowest BCUT2D eigenvalue weighted by Gasteiger charge is -2.44. The van der Waals surface area contributed by atoms with Gasteiger partial charge in [-0.25, -0.2) is 0 Å². The van der Waals surface area contributed by atoms with Gasteiger partial charge in [0.15, 0.2) is 0 Å². The molecule has 2 amide bonds. The highest BCUT2D eigenvalue weighted by Gasteiger charge is 2.49. The van der Waals surface area contributed by atoms with Gasteiger partial charge in [-0.3, -0.25) is 19.2 Å². The largest absolute Gasteiger partial charge is 0.351 e. The van der Waals surface area contributed by atoms with Gasteiger partial charge in [0, 0.05) is 11.7 Å². The maximum atomic E-state index is 13.9. The van der Waals surface area contributed by atoms with Crippen LogP contribution in [0.4, 0.5) is 5.69 Å². The van der Waals surface area contributed by atoms with Gasteiger partial charge >= 0.3 is 0 Å². The van der Waals surface area contributed by atoms with Crippen molar-refractivity contribution in [2.24, 2.45) is 0 Å². The third kappa shape index (κ3) is 4.57. The second kappa shape index (κ2) is 9.32. The Labute approximate surface area is 197 Å². The molecule has 0 spiro atoms. The summed E-state index contributed by atoms with van der Waals surface area (Å²) in [4.78, 5) is 29.6. The van der Waals surface area contributed by atoms with E-state index in [-0.39, 0.29) is 23.8 Å². The van der Waals surface area contributed by atoms with E-state index in [0.717, 1.165) is 48.2 Å². The van der Waals surface area contributed by atoms with Crippen LogP contribution in [0.1, 0.15) is 98.9 Å². The Bertz CT molecular complexity index is 1030. The third-order valence-electron chi connectivity index (χ3n) is 7.30. The van der Waals surface area contributed by atoms with Crippen molar-refractivity contribution in [2.45, 2.75) is 104 Å². The van der Waals surface area contributed by atoms with E-state index >= 15 is 0 Å². The van der Waals surface area contributed by atoms with Crippen LogP contribution in [-0.2, 0) is 11.3 Å². The van der Waals surface area contributed by atoms with Crippen LogP contribution in [-0.4, -0.2) is 33.2 Å². The van der Waals surface area contributed by atoms with Gasteiger partial charge < -0.3 is 5.32 Å². The quantitative estimate of drug-likeness (QED) is 0.690. The van der Waals surface area contributed by atoms with Crippen molar-refractivity contribution in [2.75, 3.05) is 4.90 Å². The summed E-state index contributed by atoms with van der Waals surface area (Å²) in [5.41, 5.74) is 3.21. The van der Waals surface area contributed by atoms with E-state index in [1.54, 1.807) is 9.58 Å². The van der Waals surface area contributed by atoms with Gasteiger partial charge in [-0.2, -0.15) is 5.10 Å². The number of aryl methyl sites for hydroxylation is 2. The number of aromatic nitrogens is 2. The normalized spacial score (nSPS) is 22.1. The molecule has 1 aliphatic carbocycles. The number of fused-ring (bicyclic) bond motifs is 1. The van der Waals surface area contributed by atoms with E-state index in [1.165, 1.54) is 19.3 Å². The number of anilines is 1. The molecule has 1 unspecified atom stereocenters. The molecule has 0 bridgehead atoms. The molecule has 6 nitrogen and oxygen atoms in total. The van der Waals surface area contributed by atoms with Crippen molar-refractivity contribution >= 4 is 17.5 Å². The summed E-state index contributed by atoms with van der Waals surface area (Å²) in [6.45, 7) is 10.4. The highest BCUT2D eigenvalue weighted by atomic mass is 16.2. The second-order valence-corrected chi connectivity index (χ2v) is 10.5. The number of carbonyl (C=O) groups excluding carboxylic acids is 2. The molecule has 2 heterocycles. The predicted molar refractivity (Wildman–Crippen MR) is 132 cm³/mol. The number of amides is 2. The standard InChI is InChI=1S/C27H38N4O2/c1-18(2)22-16-24-25(32)31(23-15-19(3)13-14-20(23)4)27(5,17-30(24)29-22)26(33)28-21-11-9-7-6-8-10-12-21/h13-16,18,21H,6-12,17H2,1-5H3,(H,28,33). The molecule has 0 saturated heterocycles. The second-order valence-electron chi connectivity index (χ2n) is 10.5. The lowest BCUT2D eigenvalue weighted by atomic mass is 9.91. The van der Waals surface area contributed by atoms with Crippen LogP contribution in [0.25, 0.3) is 0 Å². The van der Waals surface area contributed by atoms with Crippen LogP contribution in [0.3, 0.4) is 0 Å². The minimum Gasteiger partial charge on any atom is -0.351 e. The Morgan fingerprint density at radius 1 is 1.09 bits per heavy atom. The fourth-order valence-corrected chi connectivity index (χ4v) is 5.16. The first-order valence-electron chi connectivity index (χ1n) is 12.5. The average Bonchev–Trinajstić information content (AvgIpc) is 3.16. The Morgan fingerprint density at radius 2 is 1.76 bits per heavy atom. The summed E-state index contributed by atoms with van der Waals surface area (Å²) in [6, 6.07) is 8.13. The molecule has 2 aromatic rings. The lowest BCUT2D eigenvalue weighted by molar-refractivity contribution is -0.127. The minimum atomic E-state index is -1.06. The zero-order valence-corrected chi connectivity index (χ0v) is 20.8. The Balaban J connectivity index is 1.75. The van der Waals surface area contributed by atoms with Crippen molar-refractivity contribution in [1.82, 2.24) is 15.1 Å². The number of hydrogen-bond acceptors (Lipinski definition) is 3. The zero-order chi connectivity index (χ0) is 23.8. The van der Waals surface area contributed by atoms with Crippen LogP contribution in [0.2, 0.25) is 0 Å². The van der Waals surface area contributed by atoms with Crippen molar-refractivity contribution in [3.63, 3.8) is 0 Å². The van der Waals surface area contributed by atoms with Crippen molar-refractivity contribution in [1.29, 1.82) is 0 Å². The van der Waals surface area contributed by atoms with E-state index < -0.39 is 5.54 Å². The topological polar surface area (TPSA) is 67.2 Å². The summed E-state index contributed by atoms with van der Waals surface area (Å²) in [6.07, 6.45) is 8.03. The summed E-state index contributed by atoms with van der Waals surface area (Å²) in [7, 11) is 0. The van der Waals surface area contributed by atoms with E-state index in [0.29, 0.717) is 12.2 Å². The summed E-state index contributed by atoms with van der Waals surface area (Å²) in [5.74, 6) is -0.0423. The van der Waals surface area contributed by atoms with E-state index in [2.05, 4.69) is 19.2 Å². The number of nitrogens with one attached hydrogen (secondary N) is 1. The van der Waals surface area contributed by atoms with Gasteiger partial charge in [-0.1, -0.05) is 58.1 Å². The Kier molecular flexibility index (Phi) is 6.64. The zero-order valence-electron chi connectivity index (χ0n) is 20.8. The molecule has 1 saturated carbocycles. The molecule has 1 aromatic carbocycles. The highest BCUT2D eigenvalue weighted by Crippen LogP contribution is 2.36. The Hall–Kier alpha value is -2.63. The molecule has 0 radical (unpaired) electrons. The SMILES string of the molecule is Cc1ccc(C)c(N2C(=O)c3cc(C(C)C)nn3CC2(C)C(=O)NC2CCCCCCC2)c1. The van der Waals surface area contributed by atoms with Crippen LogP contribution in [0.5, 0.6) is 0 Å². The molecule has 1 aliphatic heterocycles. The Morgan fingerprint density at radius 3 is 2.42 bits per heavy atom. The molecule has 1 aromatic heterocycles. The lowest BCUT2D eigenvalue weighted by Crippen LogP contribution is -2.65. The smallest absolute Gasteiger partial charge is 0.277 e. The first kappa shape index (κ1) is 23.5. The molecular formula is C27H38N4O2. The van der Waals surface area contributed by atoms with Crippen LogP contribution < -0.4 is 10.2 Å². The highest BCUT2D eigenvalue weighted by molar-refractivity contribution is 6.12. The number of benzene rings is 1. The third-order valence-corrected chi connectivity index (χ3v) is 7.30. The van der Waals surface area contributed by atoms with Crippen molar-refractivity contribution < 1.29 is 9.59 Å². The fraction of sp³-hybridized carbons (Fsp3) is 0.593. The molecule has 2 aliphatic rings. The fourth-order valence-electron chi connectivity index (χ4n) is 5.16. The first-order valence-corrected chi connectivity index (χ1v) is 12.5. The molecule has 178 valence electrons. The first-order chi connectivity index (χ1) is 15.7. The van der Waals surface area contributed by atoms with Crippen molar-refractivity contribution in [3.05, 3.63) is 46.8 Å². The summed E-state index contributed by atoms with van der Waals surface area (Å²) in [5, 5.41) is 8.05. The maximum Gasteiger partial charge on any atom is 0.277 e. The molecule has 1 N–H and O–H groups in total. The van der Waals surface area contributed by atoms with Gasteiger partial charge in [0.2, 0.25) is 5.91 Å². The number of rotatable bonds is 4. The van der Waals surface area contributed by atoms with Gasteiger partial charge in [-0.05, 0) is 62.8 Å². The summed E-state index contributed by atoms with van der Waals surface area (Å²) >= 11 is 0. The van der Waals surface area contributed by atoms with E-state index in [4.69, 9.17) is 5.10 Å². The number of hydrogen-bond donors (Lipinski definition) is 1. The molecular weight excluding hydrogens is 412 g/mol. The molecule has 6 heteroatoms. The molecule has 4 rings (SSSR count). The van der Waals surface area contributed by atoms with Gasteiger partial charge in [0.05, 0.1) is 12.2 Å². The predicted octanol–water partition coefficient (Wildman–Crippen LogP) is 5.27. The van der Waals surface area contributed by atoms with Crippen molar-refractivity contribution in [3.8, 4) is 0 Å². The minimum absolute atomic E-state index is 0.0884. The summed E-state index contributed by atoms with van der Waals surface area (Å²) < 4.78 is 1.75. The molecule has 1 fully saturated rings.